The number of nitrogen functional groups attached to an aromatic ring is 1. The van der Waals surface area contributed by atoms with Crippen molar-refractivity contribution in [2.75, 3.05) is 50.1 Å². The number of benzene rings is 1. The first-order chi connectivity index (χ1) is 19.8. The zero-order valence-corrected chi connectivity index (χ0v) is 23.2. The number of carbonyl (C=O) groups is 2. The van der Waals surface area contributed by atoms with Crippen LogP contribution in [0.15, 0.2) is 67.1 Å². The van der Waals surface area contributed by atoms with Gasteiger partial charge >= 0.3 is 0 Å². The molecular weight excluding hydrogens is 518 g/mol. The normalized spacial score (nSPS) is 19.9. The number of nitrogens with zero attached hydrogens (tertiary/aromatic N) is 5. The molecule has 3 heterocycles. The second-order valence-corrected chi connectivity index (χ2v) is 10.8. The number of fused-ring (bicyclic) bond motifs is 1. The maximum absolute atomic E-state index is 12.6. The average molecular weight is 554 g/mol. The molecule has 1 saturated heterocycles. The fourth-order valence-electron chi connectivity index (χ4n) is 5.57. The quantitative estimate of drug-likeness (QED) is 0.233. The molecule has 11 heteroatoms. The summed E-state index contributed by atoms with van der Waals surface area (Å²) >= 11 is 0. The summed E-state index contributed by atoms with van der Waals surface area (Å²) in [5, 5.41) is 15.2. The topological polar surface area (TPSA) is 153 Å². The summed E-state index contributed by atoms with van der Waals surface area (Å²) in [4.78, 5) is 41.8. The summed E-state index contributed by atoms with van der Waals surface area (Å²) in [6, 6.07) is 12.2. The number of hydrogen-bond acceptors (Lipinski definition) is 9. The van der Waals surface area contributed by atoms with Crippen LogP contribution in [0.3, 0.4) is 0 Å². The number of aromatic nitrogens is 3. The molecule has 2 atom stereocenters. The minimum Gasteiger partial charge on any atom is -0.383 e. The second-order valence-electron chi connectivity index (χ2n) is 10.8. The Morgan fingerprint density at radius 1 is 1.05 bits per heavy atom. The van der Waals surface area contributed by atoms with Gasteiger partial charge in [-0.3, -0.25) is 15.0 Å². The molecule has 2 aliphatic rings. The Morgan fingerprint density at radius 2 is 1.76 bits per heavy atom. The molecule has 1 aliphatic carbocycles. The standard InChI is InChI=1S/C30H35N9O2/c1-38(2)13-5-7-25(40)39-16-21-14-23(15-22(21)17-39)36-29-26(28(32)34-18-35-29)27(31)19-8-10-20(11-9-19)30(41)37-24-6-3-4-12-33-24/h3-12,18,21-23,31H,13-17H2,1-2H3,(H,33,37,41)(H3,32,34,35,36). The van der Waals surface area contributed by atoms with Crippen LogP contribution in [-0.4, -0.2) is 82.0 Å². The van der Waals surface area contributed by atoms with Crippen LogP contribution in [-0.2, 0) is 4.79 Å². The Balaban J connectivity index is 1.22. The first-order valence-corrected chi connectivity index (χ1v) is 13.7. The van der Waals surface area contributed by atoms with Crippen molar-refractivity contribution in [3.63, 3.8) is 0 Å². The highest BCUT2D eigenvalue weighted by atomic mass is 16.2. The van der Waals surface area contributed by atoms with E-state index in [4.69, 9.17) is 11.1 Å². The zero-order chi connectivity index (χ0) is 28.9. The number of nitrogens with one attached hydrogen (secondary N) is 3. The summed E-state index contributed by atoms with van der Waals surface area (Å²) in [6.07, 6.45) is 8.41. The van der Waals surface area contributed by atoms with Gasteiger partial charge in [0.25, 0.3) is 5.91 Å². The van der Waals surface area contributed by atoms with E-state index in [1.807, 2.05) is 30.0 Å². The lowest BCUT2D eigenvalue weighted by Crippen LogP contribution is -2.30. The Kier molecular flexibility index (Phi) is 8.34. The van der Waals surface area contributed by atoms with Crippen LogP contribution >= 0.6 is 0 Å². The van der Waals surface area contributed by atoms with Gasteiger partial charge in [0.2, 0.25) is 5.91 Å². The summed E-state index contributed by atoms with van der Waals surface area (Å²) in [7, 11) is 3.95. The van der Waals surface area contributed by atoms with Crippen LogP contribution in [0.4, 0.5) is 17.5 Å². The van der Waals surface area contributed by atoms with E-state index in [2.05, 4.69) is 25.6 Å². The van der Waals surface area contributed by atoms with Gasteiger partial charge in [-0.15, -0.1) is 0 Å². The summed E-state index contributed by atoms with van der Waals surface area (Å²) in [6.45, 7) is 2.24. The van der Waals surface area contributed by atoms with Gasteiger partial charge in [-0.25, -0.2) is 15.0 Å². The molecule has 2 amide bonds. The first-order valence-electron chi connectivity index (χ1n) is 13.7. The van der Waals surface area contributed by atoms with Crippen molar-refractivity contribution in [3.8, 4) is 0 Å². The summed E-state index contributed by atoms with van der Waals surface area (Å²) < 4.78 is 0. The largest absolute Gasteiger partial charge is 0.383 e. The Morgan fingerprint density at radius 3 is 2.41 bits per heavy atom. The number of rotatable bonds is 9. The predicted octanol–water partition coefficient (Wildman–Crippen LogP) is 2.89. The molecule has 2 unspecified atom stereocenters. The van der Waals surface area contributed by atoms with Gasteiger partial charge in [0.1, 0.15) is 23.8 Å². The number of carbonyl (C=O) groups excluding carboxylic acids is 2. The Hall–Kier alpha value is -4.64. The number of pyridine rings is 1. The minimum absolute atomic E-state index is 0.0744. The lowest BCUT2D eigenvalue weighted by atomic mass is 10.0. The van der Waals surface area contributed by atoms with Gasteiger partial charge < -0.3 is 26.2 Å². The molecule has 2 fully saturated rings. The third-order valence-electron chi connectivity index (χ3n) is 7.60. The van der Waals surface area contributed by atoms with E-state index in [9.17, 15) is 9.59 Å². The van der Waals surface area contributed by atoms with Gasteiger partial charge in [0.05, 0.1) is 11.3 Å². The van der Waals surface area contributed by atoms with Crippen LogP contribution < -0.4 is 16.4 Å². The molecule has 1 aliphatic heterocycles. The fraction of sp³-hybridized carbons (Fsp3) is 0.333. The van der Waals surface area contributed by atoms with Crippen molar-refractivity contribution in [1.82, 2.24) is 24.8 Å². The molecule has 0 radical (unpaired) electrons. The molecule has 2 aromatic heterocycles. The minimum atomic E-state index is -0.289. The lowest BCUT2D eigenvalue weighted by Gasteiger charge is -2.21. The molecule has 11 nitrogen and oxygen atoms in total. The number of nitrogens with two attached hydrogens (primary N) is 1. The third-order valence-corrected chi connectivity index (χ3v) is 7.60. The molecule has 0 bridgehead atoms. The van der Waals surface area contributed by atoms with E-state index in [-0.39, 0.29) is 29.4 Å². The molecule has 3 aromatic rings. The highest BCUT2D eigenvalue weighted by Crippen LogP contribution is 2.39. The smallest absolute Gasteiger partial charge is 0.256 e. The van der Waals surface area contributed by atoms with Gasteiger partial charge in [-0.2, -0.15) is 0 Å². The van der Waals surface area contributed by atoms with E-state index in [1.165, 1.54) is 6.33 Å². The number of anilines is 3. The Bertz CT molecular complexity index is 1430. The number of amides is 2. The molecule has 212 valence electrons. The average Bonchev–Trinajstić information content (AvgIpc) is 3.52. The monoisotopic (exact) mass is 553 g/mol. The van der Waals surface area contributed by atoms with Crippen molar-refractivity contribution in [1.29, 1.82) is 5.41 Å². The zero-order valence-electron chi connectivity index (χ0n) is 23.2. The van der Waals surface area contributed by atoms with Crippen LogP contribution in [0.5, 0.6) is 0 Å². The van der Waals surface area contributed by atoms with Crippen LogP contribution in [0, 0.1) is 17.2 Å². The highest BCUT2D eigenvalue weighted by molar-refractivity contribution is 6.16. The summed E-state index contributed by atoms with van der Waals surface area (Å²) in [5.41, 5.74) is 7.87. The molecule has 0 spiro atoms. The maximum atomic E-state index is 12.6. The molecular formula is C30H35N9O2. The predicted molar refractivity (Wildman–Crippen MR) is 159 cm³/mol. The highest BCUT2D eigenvalue weighted by Gasteiger charge is 2.42. The van der Waals surface area contributed by atoms with Crippen molar-refractivity contribution in [3.05, 3.63) is 83.8 Å². The number of likely N-dealkylation sites (N-methyl/N-ethyl adjacent to an activating group) is 1. The van der Waals surface area contributed by atoms with Gasteiger partial charge in [-0.05, 0) is 63.0 Å². The van der Waals surface area contributed by atoms with E-state index in [0.29, 0.717) is 40.2 Å². The van der Waals surface area contributed by atoms with Crippen LogP contribution in [0.2, 0.25) is 0 Å². The van der Waals surface area contributed by atoms with E-state index in [0.717, 1.165) is 32.5 Å². The van der Waals surface area contributed by atoms with Crippen molar-refractivity contribution >= 4 is 35.0 Å². The summed E-state index contributed by atoms with van der Waals surface area (Å²) in [5.74, 6) is 1.82. The third kappa shape index (κ3) is 6.58. The molecule has 41 heavy (non-hydrogen) atoms. The number of likely N-dealkylation sites (tertiary alicyclic amines) is 1. The van der Waals surface area contributed by atoms with Crippen molar-refractivity contribution < 1.29 is 9.59 Å². The van der Waals surface area contributed by atoms with E-state index >= 15 is 0 Å². The molecule has 1 aromatic carbocycles. The Labute approximate surface area is 239 Å². The van der Waals surface area contributed by atoms with Crippen LogP contribution in [0.25, 0.3) is 0 Å². The van der Waals surface area contributed by atoms with Gasteiger partial charge in [-0.1, -0.05) is 24.3 Å². The van der Waals surface area contributed by atoms with Crippen molar-refractivity contribution in [2.24, 2.45) is 11.8 Å². The lowest BCUT2D eigenvalue weighted by molar-refractivity contribution is -0.125. The molecule has 1 saturated carbocycles. The second kappa shape index (κ2) is 12.3. The van der Waals surface area contributed by atoms with Gasteiger partial charge in [0.15, 0.2) is 0 Å². The molecule has 5 N–H and O–H groups in total. The fourth-order valence-corrected chi connectivity index (χ4v) is 5.57. The van der Waals surface area contributed by atoms with E-state index < -0.39 is 0 Å². The maximum Gasteiger partial charge on any atom is 0.256 e. The van der Waals surface area contributed by atoms with E-state index in [1.54, 1.807) is 54.7 Å². The first kappa shape index (κ1) is 27.9. The van der Waals surface area contributed by atoms with Gasteiger partial charge in [0, 0.05) is 49.1 Å². The number of hydrogen-bond donors (Lipinski definition) is 4. The molecule has 5 rings (SSSR count). The SMILES string of the molecule is CN(C)CC=CC(=O)N1CC2CC(Nc3ncnc(N)c3C(=N)c3ccc(C(=O)Nc4ccccn4)cc3)CC2C1. The van der Waals surface area contributed by atoms with Crippen LogP contribution in [0.1, 0.15) is 34.3 Å². The van der Waals surface area contributed by atoms with Crippen molar-refractivity contribution in [2.45, 2.75) is 18.9 Å².